The smallest absolute Gasteiger partial charge is 0.251 e. The molecule has 0 aliphatic carbocycles. The van der Waals surface area contributed by atoms with E-state index < -0.39 is 0 Å². The molecule has 1 atom stereocenters. The van der Waals surface area contributed by atoms with Crippen LogP contribution in [0.3, 0.4) is 0 Å². The standard InChI is InChI=1S/C27H28N4O5/c1-34-27-22(9-8-21(31-27)20-6-3-7-23-25(20)36-13-12-35-23)30-19-5-2-4-18(15-19)26(33)29-16-17-10-11-28-24(32)14-17/h2-9,15,17,30H,10-14,16H2,1H3,(H,28,32)(H,29,33). The lowest BCUT2D eigenvalue weighted by atomic mass is 9.97. The van der Waals surface area contributed by atoms with E-state index in [4.69, 9.17) is 14.2 Å². The van der Waals surface area contributed by atoms with E-state index in [1.807, 2.05) is 42.5 Å². The molecule has 0 spiro atoms. The number of hydrogen-bond acceptors (Lipinski definition) is 7. The number of nitrogens with one attached hydrogen (secondary N) is 3. The summed E-state index contributed by atoms with van der Waals surface area (Å²) in [6.45, 7) is 2.13. The van der Waals surface area contributed by atoms with Gasteiger partial charge in [0.1, 0.15) is 18.9 Å². The molecule has 5 rings (SSSR count). The third kappa shape index (κ3) is 5.19. The molecule has 2 aliphatic rings. The number of carbonyl (C=O) groups is 2. The predicted octanol–water partition coefficient (Wildman–Crippen LogP) is 3.53. The summed E-state index contributed by atoms with van der Waals surface area (Å²) in [5.41, 5.74) is 3.43. The summed E-state index contributed by atoms with van der Waals surface area (Å²) in [6.07, 6.45) is 1.30. The van der Waals surface area contributed by atoms with Crippen molar-refractivity contribution in [2.24, 2.45) is 5.92 Å². The molecule has 0 bridgehead atoms. The van der Waals surface area contributed by atoms with Crippen molar-refractivity contribution in [3.05, 3.63) is 60.2 Å². The number of carbonyl (C=O) groups excluding carboxylic acids is 2. The van der Waals surface area contributed by atoms with Gasteiger partial charge in [0.05, 0.1) is 12.8 Å². The quantitative estimate of drug-likeness (QED) is 0.467. The highest BCUT2D eigenvalue weighted by atomic mass is 16.6. The molecule has 2 aromatic carbocycles. The number of anilines is 2. The van der Waals surface area contributed by atoms with Gasteiger partial charge in [-0.1, -0.05) is 12.1 Å². The lowest BCUT2D eigenvalue weighted by Gasteiger charge is -2.22. The number of nitrogens with zero attached hydrogens (tertiary/aromatic N) is 1. The van der Waals surface area contributed by atoms with Gasteiger partial charge in [-0.05, 0) is 54.8 Å². The first-order valence-electron chi connectivity index (χ1n) is 12.0. The molecular weight excluding hydrogens is 460 g/mol. The highest BCUT2D eigenvalue weighted by Crippen LogP contribution is 2.40. The van der Waals surface area contributed by atoms with Crippen molar-refractivity contribution >= 4 is 23.2 Å². The first kappa shape index (κ1) is 23.5. The molecule has 1 unspecified atom stereocenters. The number of amides is 2. The monoisotopic (exact) mass is 488 g/mol. The van der Waals surface area contributed by atoms with E-state index in [9.17, 15) is 9.59 Å². The van der Waals surface area contributed by atoms with E-state index in [-0.39, 0.29) is 17.7 Å². The van der Waals surface area contributed by atoms with Crippen molar-refractivity contribution in [2.45, 2.75) is 12.8 Å². The molecule has 0 saturated carbocycles. The second-order valence-corrected chi connectivity index (χ2v) is 8.71. The zero-order chi connectivity index (χ0) is 24.9. The summed E-state index contributed by atoms with van der Waals surface area (Å²) in [5, 5.41) is 9.05. The van der Waals surface area contributed by atoms with E-state index in [0.29, 0.717) is 67.0 Å². The number of fused-ring (bicyclic) bond motifs is 1. The number of ether oxygens (including phenoxy) is 3. The Morgan fingerprint density at radius 3 is 2.86 bits per heavy atom. The summed E-state index contributed by atoms with van der Waals surface area (Å²) < 4.78 is 17.1. The van der Waals surface area contributed by atoms with E-state index in [0.717, 1.165) is 17.7 Å². The van der Waals surface area contributed by atoms with E-state index in [1.165, 1.54) is 0 Å². The maximum Gasteiger partial charge on any atom is 0.251 e. The van der Waals surface area contributed by atoms with Crippen LogP contribution in [0, 0.1) is 5.92 Å². The number of aromatic nitrogens is 1. The SMILES string of the molecule is COc1nc(-c2cccc3c2OCCO3)ccc1Nc1cccc(C(=O)NCC2CCNC(=O)C2)c1. The maximum absolute atomic E-state index is 12.7. The van der Waals surface area contributed by atoms with Gasteiger partial charge in [0, 0.05) is 36.3 Å². The normalized spacial score (nSPS) is 16.6. The van der Waals surface area contributed by atoms with Crippen molar-refractivity contribution in [3.63, 3.8) is 0 Å². The zero-order valence-corrected chi connectivity index (χ0v) is 20.0. The molecule has 3 aromatic rings. The Balaban J connectivity index is 1.30. The molecule has 3 N–H and O–H groups in total. The largest absolute Gasteiger partial charge is 0.486 e. The van der Waals surface area contributed by atoms with Crippen LogP contribution in [0.1, 0.15) is 23.2 Å². The summed E-state index contributed by atoms with van der Waals surface area (Å²) >= 11 is 0. The molecule has 2 aliphatic heterocycles. The molecule has 3 heterocycles. The Bertz CT molecular complexity index is 1280. The third-order valence-electron chi connectivity index (χ3n) is 6.20. The van der Waals surface area contributed by atoms with Crippen molar-refractivity contribution in [3.8, 4) is 28.6 Å². The highest BCUT2D eigenvalue weighted by Gasteiger charge is 2.21. The lowest BCUT2D eigenvalue weighted by molar-refractivity contribution is -0.123. The van der Waals surface area contributed by atoms with E-state index in [1.54, 1.807) is 19.2 Å². The molecule has 9 nitrogen and oxygen atoms in total. The Kier molecular flexibility index (Phi) is 6.88. The average molecular weight is 489 g/mol. The number of pyridine rings is 1. The maximum atomic E-state index is 12.7. The molecule has 1 fully saturated rings. The fourth-order valence-electron chi connectivity index (χ4n) is 4.38. The fraction of sp³-hybridized carbons (Fsp3) is 0.296. The minimum absolute atomic E-state index is 0.0354. The van der Waals surface area contributed by atoms with Gasteiger partial charge in [0.25, 0.3) is 5.91 Å². The Hall–Kier alpha value is -4.27. The lowest BCUT2D eigenvalue weighted by Crippen LogP contribution is -2.39. The average Bonchev–Trinajstić information content (AvgIpc) is 2.92. The number of benzene rings is 2. The Labute approximate surface area is 209 Å². The second-order valence-electron chi connectivity index (χ2n) is 8.71. The highest BCUT2D eigenvalue weighted by molar-refractivity contribution is 5.95. The van der Waals surface area contributed by atoms with Gasteiger partial charge in [-0.2, -0.15) is 0 Å². The molecular formula is C27H28N4O5. The molecule has 9 heteroatoms. The van der Waals surface area contributed by atoms with Gasteiger partial charge >= 0.3 is 0 Å². The Morgan fingerprint density at radius 1 is 1.14 bits per heavy atom. The predicted molar refractivity (Wildman–Crippen MR) is 135 cm³/mol. The summed E-state index contributed by atoms with van der Waals surface area (Å²) in [6, 6.07) is 16.7. The summed E-state index contributed by atoms with van der Waals surface area (Å²) in [5.74, 6) is 1.79. The van der Waals surface area contributed by atoms with Crippen molar-refractivity contribution in [2.75, 3.05) is 38.7 Å². The fourth-order valence-corrected chi connectivity index (χ4v) is 4.38. The van der Waals surface area contributed by atoms with Gasteiger partial charge in [-0.3, -0.25) is 9.59 Å². The van der Waals surface area contributed by atoms with Crippen LogP contribution in [-0.4, -0.2) is 50.2 Å². The minimum Gasteiger partial charge on any atom is -0.486 e. The molecule has 2 amide bonds. The minimum atomic E-state index is -0.180. The second kappa shape index (κ2) is 10.6. The van der Waals surface area contributed by atoms with Crippen LogP contribution in [0.5, 0.6) is 17.4 Å². The molecule has 1 aromatic heterocycles. The zero-order valence-electron chi connectivity index (χ0n) is 20.0. The van der Waals surface area contributed by atoms with Gasteiger partial charge < -0.3 is 30.2 Å². The number of para-hydroxylation sites is 1. The third-order valence-corrected chi connectivity index (χ3v) is 6.20. The van der Waals surface area contributed by atoms with Gasteiger partial charge in [0.15, 0.2) is 11.5 Å². The van der Waals surface area contributed by atoms with Crippen molar-refractivity contribution in [1.29, 1.82) is 0 Å². The first-order chi connectivity index (χ1) is 17.6. The molecule has 186 valence electrons. The van der Waals surface area contributed by atoms with Crippen LogP contribution in [0.4, 0.5) is 11.4 Å². The van der Waals surface area contributed by atoms with Crippen LogP contribution in [-0.2, 0) is 4.79 Å². The molecule has 1 saturated heterocycles. The topological polar surface area (TPSA) is 111 Å². The van der Waals surface area contributed by atoms with Crippen molar-refractivity contribution in [1.82, 2.24) is 15.6 Å². The van der Waals surface area contributed by atoms with Crippen molar-refractivity contribution < 1.29 is 23.8 Å². The van der Waals surface area contributed by atoms with Crippen LogP contribution in [0.15, 0.2) is 54.6 Å². The number of methoxy groups -OCH3 is 1. The first-order valence-corrected chi connectivity index (χ1v) is 12.0. The van der Waals surface area contributed by atoms with Crippen LogP contribution < -0.4 is 30.2 Å². The van der Waals surface area contributed by atoms with Crippen LogP contribution in [0.2, 0.25) is 0 Å². The van der Waals surface area contributed by atoms with Crippen LogP contribution in [0.25, 0.3) is 11.3 Å². The van der Waals surface area contributed by atoms with E-state index >= 15 is 0 Å². The number of piperidine rings is 1. The number of hydrogen-bond donors (Lipinski definition) is 3. The van der Waals surface area contributed by atoms with E-state index in [2.05, 4.69) is 20.9 Å². The van der Waals surface area contributed by atoms with Gasteiger partial charge in [-0.25, -0.2) is 4.98 Å². The number of rotatable bonds is 7. The summed E-state index contributed by atoms with van der Waals surface area (Å²) in [4.78, 5) is 29.0. The molecule has 36 heavy (non-hydrogen) atoms. The van der Waals surface area contributed by atoms with Gasteiger partial charge in [0.2, 0.25) is 11.8 Å². The van der Waals surface area contributed by atoms with Gasteiger partial charge in [-0.15, -0.1) is 0 Å². The Morgan fingerprint density at radius 2 is 2.00 bits per heavy atom. The summed E-state index contributed by atoms with van der Waals surface area (Å²) in [7, 11) is 1.56. The van der Waals surface area contributed by atoms with Crippen LogP contribution >= 0.6 is 0 Å². The molecule has 0 radical (unpaired) electrons.